The van der Waals surface area contributed by atoms with Crippen LogP contribution in [0.25, 0.3) is 0 Å². The van der Waals surface area contributed by atoms with Crippen molar-refractivity contribution < 1.29 is 14.3 Å². The Morgan fingerprint density at radius 1 is 1.44 bits per heavy atom. The number of carboxylic acid groups (broad SMARTS) is 1. The zero-order valence-electron chi connectivity index (χ0n) is 10.7. The van der Waals surface area contributed by atoms with Crippen molar-refractivity contribution in [2.45, 2.75) is 32.9 Å². The van der Waals surface area contributed by atoms with Crippen LogP contribution in [0.2, 0.25) is 0 Å². The largest absolute Gasteiger partial charge is 0.480 e. The summed E-state index contributed by atoms with van der Waals surface area (Å²) in [5.41, 5.74) is 0.597. The summed E-state index contributed by atoms with van der Waals surface area (Å²) in [6.45, 7) is 6.26. The topological polar surface area (TPSA) is 40.5 Å². The molecule has 1 rings (SSSR count). The average molecular weight is 318 g/mol. The number of hydrogen-bond donors (Lipinski definition) is 1. The van der Waals surface area contributed by atoms with Crippen molar-refractivity contribution in [2.24, 2.45) is 0 Å². The predicted octanol–water partition coefficient (Wildman–Crippen LogP) is 3.27. The molecule has 0 aliphatic heterocycles. The van der Waals surface area contributed by atoms with Crippen LogP contribution in [0.5, 0.6) is 0 Å². The number of hydrogen-bond acceptors (Lipinski definition) is 2. The van der Waals surface area contributed by atoms with Gasteiger partial charge in [0.25, 0.3) is 0 Å². The molecule has 3 nitrogen and oxygen atoms in total. The summed E-state index contributed by atoms with van der Waals surface area (Å²) in [6.07, 6.45) is 0. The van der Waals surface area contributed by atoms with E-state index in [1.807, 2.05) is 25.7 Å². The fourth-order valence-corrected chi connectivity index (χ4v) is 2.03. The van der Waals surface area contributed by atoms with Crippen molar-refractivity contribution in [3.05, 3.63) is 34.1 Å². The van der Waals surface area contributed by atoms with E-state index in [1.54, 1.807) is 6.07 Å². The van der Waals surface area contributed by atoms with Crippen molar-refractivity contribution >= 4 is 21.9 Å². The second-order valence-corrected chi connectivity index (χ2v) is 6.01. The molecule has 0 saturated heterocycles. The van der Waals surface area contributed by atoms with Crippen molar-refractivity contribution in [3.8, 4) is 0 Å². The second kappa shape index (κ2) is 5.80. The van der Waals surface area contributed by atoms with Gasteiger partial charge in [-0.05, 0) is 38.5 Å². The molecule has 0 saturated carbocycles. The summed E-state index contributed by atoms with van der Waals surface area (Å²) < 4.78 is 13.6. The van der Waals surface area contributed by atoms with Crippen LogP contribution in [0, 0.1) is 5.82 Å². The van der Waals surface area contributed by atoms with Crippen molar-refractivity contribution in [1.82, 2.24) is 4.90 Å². The SMILES string of the molecule is CC(C)(C)N(CC(=O)O)Cc1ccc(F)cc1Br. The van der Waals surface area contributed by atoms with Gasteiger partial charge in [0.05, 0.1) is 6.54 Å². The summed E-state index contributed by atoms with van der Waals surface area (Å²) >= 11 is 3.29. The number of rotatable bonds is 4. The number of aliphatic carboxylic acids is 1. The van der Waals surface area contributed by atoms with Gasteiger partial charge in [0, 0.05) is 16.6 Å². The minimum absolute atomic E-state index is 0.0483. The van der Waals surface area contributed by atoms with E-state index in [1.165, 1.54) is 12.1 Å². The molecule has 0 amide bonds. The lowest BCUT2D eigenvalue weighted by Gasteiger charge is -2.34. The Balaban J connectivity index is 2.92. The Morgan fingerprint density at radius 3 is 2.50 bits per heavy atom. The van der Waals surface area contributed by atoms with E-state index in [9.17, 15) is 9.18 Å². The van der Waals surface area contributed by atoms with Gasteiger partial charge in [-0.15, -0.1) is 0 Å². The molecule has 0 aliphatic carbocycles. The molecular weight excluding hydrogens is 301 g/mol. The molecule has 0 fully saturated rings. The molecule has 0 spiro atoms. The zero-order chi connectivity index (χ0) is 13.9. The van der Waals surface area contributed by atoms with E-state index in [0.717, 1.165) is 5.56 Å². The first-order chi connectivity index (χ1) is 8.20. The number of carboxylic acids is 1. The lowest BCUT2D eigenvalue weighted by atomic mass is 10.0. The summed E-state index contributed by atoms with van der Waals surface area (Å²) in [4.78, 5) is 12.7. The van der Waals surface area contributed by atoms with Crippen LogP contribution in [0.15, 0.2) is 22.7 Å². The normalized spacial score (nSPS) is 11.9. The van der Waals surface area contributed by atoms with Crippen molar-refractivity contribution in [1.29, 1.82) is 0 Å². The highest BCUT2D eigenvalue weighted by molar-refractivity contribution is 9.10. The second-order valence-electron chi connectivity index (χ2n) is 5.16. The summed E-state index contributed by atoms with van der Waals surface area (Å²) in [7, 11) is 0. The highest BCUT2D eigenvalue weighted by Crippen LogP contribution is 2.23. The van der Waals surface area contributed by atoms with Crippen LogP contribution >= 0.6 is 15.9 Å². The fourth-order valence-electron chi connectivity index (χ4n) is 1.55. The Kier molecular flexibility index (Phi) is 4.87. The van der Waals surface area contributed by atoms with Gasteiger partial charge >= 0.3 is 5.97 Å². The fraction of sp³-hybridized carbons (Fsp3) is 0.462. The predicted molar refractivity (Wildman–Crippen MR) is 71.9 cm³/mol. The Hall–Kier alpha value is -0.940. The molecule has 100 valence electrons. The van der Waals surface area contributed by atoms with Gasteiger partial charge in [-0.1, -0.05) is 22.0 Å². The smallest absolute Gasteiger partial charge is 0.317 e. The lowest BCUT2D eigenvalue weighted by Crippen LogP contribution is -2.43. The maximum Gasteiger partial charge on any atom is 0.317 e. The third-order valence-electron chi connectivity index (χ3n) is 2.65. The average Bonchev–Trinajstić information content (AvgIpc) is 2.18. The van der Waals surface area contributed by atoms with E-state index in [2.05, 4.69) is 15.9 Å². The van der Waals surface area contributed by atoms with Crippen LogP contribution in [-0.2, 0) is 11.3 Å². The van der Waals surface area contributed by atoms with Gasteiger partial charge in [0.15, 0.2) is 0 Å². The summed E-state index contributed by atoms with van der Waals surface area (Å²) in [5, 5.41) is 8.93. The van der Waals surface area contributed by atoms with Gasteiger partial charge < -0.3 is 5.11 Å². The van der Waals surface area contributed by atoms with E-state index < -0.39 is 5.97 Å². The first-order valence-electron chi connectivity index (χ1n) is 5.61. The van der Waals surface area contributed by atoms with Crippen LogP contribution in [0.3, 0.4) is 0 Å². The standard InChI is InChI=1S/C13H17BrFNO2/c1-13(2,3)16(8-12(17)18)7-9-4-5-10(15)6-11(9)14/h4-6H,7-8H2,1-3H3,(H,17,18). The first kappa shape index (κ1) is 15.1. The molecule has 1 aromatic rings. The molecule has 0 radical (unpaired) electrons. The molecule has 0 aliphatic rings. The monoisotopic (exact) mass is 317 g/mol. The van der Waals surface area contributed by atoms with Crippen LogP contribution < -0.4 is 0 Å². The molecule has 0 bridgehead atoms. The molecule has 5 heteroatoms. The van der Waals surface area contributed by atoms with E-state index in [4.69, 9.17) is 5.11 Å². The minimum Gasteiger partial charge on any atom is -0.480 e. The molecule has 1 N–H and O–H groups in total. The quantitative estimate of drug-likeness (QED) is 0.926. The molecule has 0 atom stereocenters. The molecule has 0 unspecified atom stereocenters. The van der Waals surface area contributed by atoms with Crippen molar-refractivity contribution in [3.63, 3.8) is 0 Å². The van der Waals surface area contributed by atoms with Crippen LogP contribution in [-0.4, -0.2) is 28.1 Å². The maximum absolute atomic E-state index is 13.0. The Bertz CT molecular complexity index is 443. The molecule has 1 aromatic carbocycles. The molecule has 18 heavy (non-hydrogen) atoms. The van der Waals surface area contributed by atoms with Gasteiger partial charge in [-0.2, -0.15) is 0 Å². The Labute approximate surface area is 115 Å². The molecular formula is C13H17BrFNO2. The minimum atomic E-state index is -0.872. The highest BCUT2D eigenvalue weighted by Gasteiger charge is 2.24. The first-order valence-corrected chi connectivity index (χ1v) is 6.40. The molecule has 0 heterocycles. The van der Waals surface area contributed by atoms with Crippen LogP contribution in [0.1, 0.15) is 26.3 Å². The third kappa shape index (κ3) is 4.38. The number of nitrogens with zero attached hydrogens (tertiary/aromatic N) is 1. The summed E-state index contributed by atoms with van der Waals surface area (Å²) in [6, 6.07) is 4.43. The summed E-state index contributed by atoms with van der Waals surface area (Å²) in [5.74, 6) is -1.19. The van der Waals surface area contributed by atoms with E-state index in [0.29, 0.717) is 11.0 Å². The maximum atomic E-state index is 13.0. The van der Waals surface area contributed by atoms with Gasteiger partial charge in [0.1, 0.15) is 5.82 Å². The highest BCUT2D eigenvalue weighted by atomic mass is 79.9. The number of carbonyl (C=O) groups is 1. The van der Waals surface area contributed by atoms with E-state index >= 15 is 0 Å². The lowest BCUT2D eigenvalue weighted by molar-refractivity contribution is -0.139. The zero-order valence-corrected chi connectivity index (χ0v) is 12.3. The molecule has 0 aromatic heterocycles. The van der Waals surface area contributed by atoms with Gasteiger partial charge in [-0.3, -0.25) is 9.69 Å². The van der Waals surface area contributed by atoms with E-state index in [-0.39, 0.29) is 17.9 Å². The van der Waals surface area contributed by atoms with Crippen LogP contribution in [0.4, 0.5) is 4.39 Å². The Morgan fingerprint density at radius 2 is 2.06 bits per heavy atom. The van der Waals surface area contributed by atoms with Gasteiger partial charge in [0.2, 0.25) is 0 Å². The number of benzene rings is 1. The van der Waals surface area contributed by atoms with Crippen molar-refractivity contribution in [2.75, 3.05) is 6.54 Å². The van der Waals surface area contributed by atoms with Gasteiger partial charge in [-0.25, -0.2) is 4.39 Å². The third-order valence-corrected chi connectivity index (χ3v) is 3.39. The number of halogens is 2.